The van der Waals surface area contributed by atoms with E-state index in [2.05, 4.69) is 20.6 Å². The summed E-state index contributed by atoms with van der Waals surface area (Å²) in [6, 6.07) is 1.52. The quantitative estimate of drug-likeness (QED) is 0.836. The fraction of sp³-hybridized carbons (Fsp3) is 0.300. The Labute approximate surface area is 107 Å². The number of hydrogen-bond acceptors (Lipinski definition) is 5. The molecule has 5 nitrogen and oxygen atoms in total. The van der Waals surface area contributed by atoms with Crippen LogP contribution >= 0.6 is 22.9 Å². The molecule has 17 heavy (non-hydrogen) atoms. The van der Waals surface area contributed by atoms with Gasteiger partial charge >= 0.3 is 0 Å². The summed E-state index contributed by atoms with van der Waals surface area (Å²) in [5.41, 5.74) is 0. The molecule has 0 radical (unpaired) electrons. The molecule has 0 fully saturated rings. The van der Waals surface area contributed by atoms with Gasteiger partial charge in [0.15, 0.2) is 0 Å². The zero-order chi connectivity index (χ0) is 12.4. The molecule has 2 heterocycles. The number of halogens is 1. The van der Waals surface area contributed by atoms with Gasteiger partial charge in [0, 0.05) is 7.05 Å². The van der Waals surface area contributed by atoms with Crippen molar-refractivity contribution in [2.24, 2.45) is 0 Å². The number of likely N-dealkylation sites (N-methyl/N-ethyl adjacent to an activating group) is 1. The molecular formula is C10H11ClN4OS. The average molecular weight is 271 g/mol. The van der Waals surface area contributed by atoms with E-state index in [0.717, 1.165) is 10.2 Å². The van der Waals surface area contributed by atoms with Crippen molar-refractivity contribution in [1.82, 2.24) is 15.3 Å². The van der Waals surface area contributed by atoms with Crippen LogP contribution in [0, 0.1) is 0 Å². The molecule has 90 valence electrons. The minimum atomic E-state index is -0.380. The van der Waals surface area contributed by atoms with Crippen LogP contribution < -0.4 is 10.6 Å². The Morgan fingerprint density at radius 3 is 3.00 bits per heavy atom. The van der Waals surface area contributed by atoms with Gasteiger partial charge in [0.05, 0.1) is 5.39 Å². The summed E-state index contributed by atoms with van der Waals surface area (Å²) < 4.78 is 0. The Morgan fingerprint density at radius 1 is 1.53 bits per heavy atom. The molecule has 0 saturated heterocycles. The fourth-order valence-corrected chi connectivity index (χ4v) is 2.41. The molecule has 2 aromatic heterocycles. The first-order chi connectivity index (χ1) is 8.11. The van der Waals surface area contributed by atoms with Gasteiger partial charge in [0.25, 0.3) is 0 Å². The van der Waals surface area contributed by atoms with Gasteiger partial charge in [-0.3, -0.25) is 4.79 Å². The topological polar surface area (TPSA) is 66.9 Å². The highest BCUT2D eigenvalue weighted by atomic mass is 35.5. The molecule has 1 amide bonds. The molecule has 0 saturated carbocycles. The summed E-state index contributed by atoms with van der Waals surface area (Å²) >= 11 is 7.30. The van der Waals surface area contributed by atoms with Crippen LogP contribution in [-0.2, 0) is 4.79 Å². The number of fused-ring (bicyclic) bond motifs is 1. The summed E-state index contributed by atoms with van der Waals surface area (Å²) in [5.74, 6) is 0.473. The molecule has 1 unspecified atom stereocenters. The predicted octanol–water partition coefficient (Wildman–Crippen LogP) is 1.89. The number of nitrogens with zero attached hydrogens (tertiary/aromatic N) is 2. The first kappa shape index (κ1) is 12.1. The Kier molecular flexibility index (Phi) is 3.44. The van der Waals surface area contributed by atoms with Crippen LogP contribution in [0.15, 0.2) is 11.4 Å². The van der Waals surface area contributed by atoms with Gasteiger partial charge in [-0.1, -0.05) is 0 Å². The highest BCUT2D eigenvalue weighted by Crippen LogP contribution is 2.26. The molecule has 2 rings (SSSR count). The van der Waals surface area contributed by atoms with Gasteiger partial charge in [-0.05, 0) is 30.0 Å². The van der Waals surface area contributed by atoms with E-state index in [0.29, 0.717) is 5.82 Å². The Bertz CT molecular complexity index is 556. The van der Waals surface area contributed by atoms with Gasteiger partial charge in [0.2, 0.25) is 11.2 Å². The standard InChI is InChI=1S/C10H11ClN4OS/c1-5(8(16)12-2)13-7-6-3-4-17-9(6)15-10(11)14-7/h3-5H,1-2H3,(H,12,16)(H,13,14,15). The van der Waals surface area contributed by atoms with Crippen molar-refractivity contribution < 1.29 is 4.79 Å². The van der Waals surface area contributed by atoms with Crippen LogP contribution in [0.3, 0.4) is 0 Å². The molecule has 1 atom stereocenters. The lowest BCUT2D eigenvalue weighted by molar-refractivity contribution is -0.121. The minimum absolute atomic E-state index is 0.108. The number of hydrogen-bond donors (Lipinski definition) is 2. The van der Waals surface area contributed by atoms with E-state index in [1.165, 1.54) is 11.3 Å². The van der Waals surface area contributed by atoms with Crippen molar-refractivity contribution in [2.75, 3.05) is 12.4 Å². The second kappa shape index (κ2) is 4.85. The molecule has 0 aliphatic rings. The van der Waals surface area contributed by atoms with Crippen LogP contribution in [0.4, 0.5) is 5.82 Å². The number of anilines is 1. The monoisotopic (exact) mass is 270 g/mol. The number of carbonyl (C=O) groups is 1. The molecule has 2 aromatic rings. The molecule has 2 N–H and O–H groups in total. The largest absolute Gasteiger partial charge is 0.358 e. The van der Waals surface area contributed by atoms with Gasteiger partial charge in [-0.25, -0.2) is 9.97 Å². The van der Waals surface area contributed by atoms with E-state index in [1.807, 2.05) is 11.4 Å². The zero-order valence-electron chi connectivity index (χ0n) is 9.32. The first-order valence-corrected chi connectivity index (χ1v) is 6.26. The van der Waals surface area contributed by atoms with Gasteiger partial charge in [0.1, 0.15) is 16.7 Å². The fourth-order valence-electron chi connectivity index (χ4n) is 1.43. The third kappa shape index (κ3) is 2.48. The predicted molar refractivity (Wildman–Crippen MR) is 69.6 cm³/mol. The maximum absolute atomic E-state index is 11.4. The summed E-state index contributed by atoms with van der Waals surface area (Å²) in [6.07, 6.45) is 0. The van der Waals surface area contributed by atoms with Crippen LogP contribution in [0.5, 0.6) is 0 Å². The minimum Gasteiger partial charge on any atom is -0.358 e. The van der Waals surface area contributed by atoms with Crippen molar-refractivity contribution in [3.63, 3.8) is 0 Å². The van der Waals surface area contributed by atoms with E-state index in [4.69, 9.17) is 11.6 Å². The molecule has 0 aliphatic carbocycles. The average Bonchev–Trinajstić information content (AvgIpc) is 2.75. The van der Waals surface area contributed by atoms with E-state index in [1.54, 1.807) is 14.0 Å². The van der Waals surface area contributed by atoms with Gasteiger partial charge in [-0.2, -0.15) is 0 Å². The van der Waals surface area contributed by atoms with Gasteiger partial charge < -0.3 is 10.6 Å². The highest BCUT2D eigenvalue weighted by Gasteiger charge is 2.14. The summed E-state index contributed by atoms with van der Waals surface area (Å²) in [6.45, 7) is 1.76. The summed E-state index contributed by atoms with van der Waals surface area (Å²) in [4.78, 5) is 20.4. The molecule has 7 heteroatoms. The third-order valence-electron chi connectivity index (χ3n) is 2.29. The van der Waals surface area contributed by atoms with Gasteiger partial charge in [-0.15, -0.1) is 11.3 Å². The third-order valence-corrected chi connectivity index (χ3v) is 3.27. The van der Waals surface area contributed by atoms with Crippen molar-refractivity contribution in [3.05, 3.63) is 16.7 Å². The molecule has 0 spiro atoms. The second-order valence-electron chi connectivity index (χ2n) is 3.46. The number of thiophene rings is 1. The maximum atomic E-state index is 11.4. The Hall–Kier alpha value is -1.40. The second-order valence-corrected chi connectivity index (χ2v) is 4.69. The number of aromatic nitrogens is 2. The van der Waals surface area contributed by atoms with Crippen LogP contribution in [0.25, 0.3) is 10.2 Å². The van der Waals surface area contributed by atoms with Crippen molar-refractivity contribution in [1.29, 1.82) is 0 Å². The van der Waals surface area contributed by atoms with E-state index < -0.39 is 0 Å². The van der Waals surface area contributed by atoms with E-state index in [9.17, 15) is 4.79 Å². The molecule has 0 bridgehead atoms. The number of rotatable bonds is 3. The van der Waals surface area contributed by atoms with Crippen LogP contribution in [-0.4, -0.2) is 29.0 Å². The van der Waals surface area contributed by atoms with Crippen LogP contribution in [0.2, 0.25) is 5.28 Å². The number of amides is 1. The SMILES string of the molecule is CNC(=O)C(C)Nc1nc(Cl)nc2sccc12. The Balaban J connectivity index is 2.34. The smallest absolute Gasteiger partial charge is 0.241 e. The summed E-state index contributed by atoms with van der Waals surface area (Å²) in [7, 11) is 1.59. The lowest BCUT2D eigenvalue weighted by Crippen LogP contribution is -2.35. The first-order valence-electron chi connectivity index (χ1n) is 5.00. The zero-order valence-corrected chi connectivity index (χ0v) is 10.9. The lowest BCUT2D eigenvalue weighted by Gasteiger charge is -2.13. The highest BCUT2D eigenvalue weighted by molar-refractivity contribution is 7.16. The van der Waals surface area contributed by atoms with E-state index in [-0.39, 0.29) is 17.2 Å². The lowest BCUT2D eigenvalue weighted by atomic mass is 10.3. The van der Waals surface area contributed by atoms with Crippen molar-refractivity contribution in [3.8, 4) is 0 Å². The van der Waals surface area contributed by atoms with Crippen molar-refractivity contribution in [2.45, 2.75) is 13.0 Å². The Morgan fingerprint density at radius 2 is 2.29 bits per heavy atom. The maximum Gasteiger partial charge on any atom is 0.241 e. The number of carbonyl (C=O) groups excluding carboxylic acids is 1. The van der Waals surface area contributed by atoms with E-state index >= 15 is 0 Å². The molecule has 0 aromatic carbocycles. The summed E-state index contributed by atoms with van der Waals surface area (Å²) in [5, 5.41) is 8.54. The van der Waals surface area contributed by atoms with Crippen molar-refractivity contribution >= 4 is 44.9 Å². The molecule has 0 aliphatic heterocycles. The van der Waals surface area contributed by atoms with Crippen LogP contribution in [0.1, 0.15) is 6.92 Å². The molecular weight excluding hydrogens is 260 g/mol. The number of nitrogens with one attached hydrogen (secondary N) is 2. The normalized spacial score (nSPS) is 12.4.